The van der Waals surface area contributed by atoms with Crippen LogP contribution in [0.5, 0.6) is 0 Å². The largest absolute Gasteiger partial charge is 0.314 e. The van der Waals surface area contributed by atoms with Crippen molar-refractivity contribution in [1.29, 1.82) is 5.26 Å². The third-order valence-electron chi connectivity index (χ3n) is 4.27. The van der Waals surface area contributed by atoms with Crippen molar-refractivity contribution in [3.63, 3.8) is 0 Å². The van der Waals surface area contributed by atoms with Crippen molar-refractivity contribution in [3.05, 3.63) is 35.4 Å². The van der Waals surface area contributed by atoms with Crippen molar-refractivity contribution in [3.8, 4) is 6.07 Å². The lowest BCUT2D eigenvalue weighted by molar-refractivity contribution is 0.160. The molecule has 0 amide bonds. The van der Waals surface area contributed by atoms with Crippen LogP contribution in [-0.2, 0) is 0 Å². The molecule has 2 aliphatic rings. The van der Waals surface area contributed by atoms with E-state index in [4.69, 9.17) is 5.26 Å². The summed E-state index contributed by atoms with van der Waals surface area (Å²) in [6.07, 6.45) is 4.09. The lowest BCUT2D eigenvalue weighted by Gasteiger charge is -2.35. The Morgan fingerprint density at radius 3 is 2.47 bits per heavy atom. The molecule has 0 aromatic heterocycles. The van der Waals surface area contributed by atoms with Gasteiger partial charge in [0, 0.05) is 32.2 Å². The van der Waals surface area contributed by atoms with Crippen LogP contribution in [0.3, 0.4) is 0 Å². The molecule has 1 saturated carbocycles. The zero-order valence-electron chi connectivity index (χ0n) is 11.3. The molecule has 100 valence electrons. The number of rotatable bonds is 4. The summed E-state index contributed by atoms with van der Waals surface area (Å²) in [7, 11) is 0. The van der Waals surface area contributed by atoms with Crippen LogP contribution in [0.15, 0.2) is 24.3 Å². The Hall–Kier alpha value is -1.37. The third-order valence-corrected chi connectivity index (χ3v) is 4.27. The molecule has 1 heterocycles. The maximum atomic E-state index is 8.90. The fraction of sp³-hybridized carbons (Fsp3) is 0.562. The van der Waals surface area contributed by atoms with Gasteiger partial charge in [-0.3, -0.25) is 4.90 Å². The average molecular weight is 255 g/mol. The topological polar surface area (TPSA) is 39.1 Å². The molecule has 1 atom stereocenters. The summed E-state index contributed by atoms with van der Waals surface area (Å²) in [6, 6.07) is 11.0. The van der Waals surface area contributed by atoms with Crippen molar-refractivity contribution in [2.45, 2.75) is 25.3 Å². The van der Waals surface area contributed by atoms with Gasteiger partial charge in [0.2, 0.25) is 0 Å². The molecule has 1 N–H and O–H groups in total. The molecule has 3 nitrogen and oxygen atoms in total. The van der Waals surface area contributed by atoms with Gasteiger partial charge in [0.25, 0.3) is 0 Å². The summed E-state index contributed by atoms with van der Waals surface area (Å²) in [6.45, 7) is 4.46. The molecule has 0 unspecified atom stereocenters. The highest BCUT2D eigenvalue weighted by Gasteiger charge is 2.30. The first-order valence-electron chi connectivity index (χ1n) is 7.31. The Bertz CT molecular complexity index is 450. The fourth-order valence-electron chi connectivity index (χ4n) is 2.94. The van der Waals surface area contributed by atoms with Crippen LogP contribution >= 0.6 is 0 Å². The van der Waals surface area contributed by atoms with E-state index in [1.807, 2.05) is 12.1 Å². The van der Waals surface area contributed by atoms with Crippen molar-refractivity contribution in [2.75, 3.05) is 26.2 Å². The SMILES string of the molecule is N#Cc1ccc([C@@H](CC2CC2)N2CCNCC2)cc1. The molecule has 3 rings (SSSR count). The Morgan fingerprint density at radius 1 is 1.21 bits per heavy atom. The Morgan fingerprint density at radius 2 is 1.89 bits per heavy atom. The average Bonchev–Trinajstić information content (AvgIpc) is 3.30. The third kappa shape index (κ3) is 3.15. The van der Waals surface area contributed by atoms with Crippen LogP contribution in [0, 0.1) is 17.2 Å². The van der Waals surface area contributed by atoms with Gasteiger partial charge in [0.05, 0.1) is 11.6 Å². The van der Waals surface area contributed by atoms with E-state index < -0.39 is 0 Å². The second-order valence-electron chi connectivity index (χ2n) is 5.71. The zero-order chi connectivity index (χ0) is 13.1. The van der Waals surface area contributed by atoms with Crippen molar-refractivity contribution < 1.29 is 0 Å². The standard InChI is InChI=1S/C16H21N3/c17-12-14-3-5-15(6-4-14)16(11-13-1-2-13)19-9-7-18-8-10-19/h3-6,13,16,18H,1-2,7-11H2/t16-/m1/s1. The van der Waals surface area contributed by atoms with Crippen LogP contribution in [0.4, 0.5) is 0 Å². The molecular formula is C16H21N3. The smallest absolute Gasteiger partial charge is 0.0991 e. The normalized spacial score (nSPS) is 21.8. The number of nitrogens with one attached hydrogen (secondary N) is 1. The first-order chi connectivity index (χ1) is 9.36. The number of nitriles is 1. The first kappa shape index (κ1) is 12.7. The van der Waals surface area contributed by atoms with Crippen molar-refractivity contribution in [1.82, 2.24) is 10.2 Å². The number of hydrogen-bond acceptors (Lipinski definition) is 3. The molecule has 1 aliphatic carbocycles. The Labute approximate surface area is 115 Å². The van der Waals surface area contributed by atoms with E-state index in [2.05, 4.69) is 28.4 Å². The summed E-state index contributed by atoms with van der Waals surface area (Å²) < 4.78 is 0. The minimum Gasteiger partial charge on any atom is -0.314 e. The molecule has 0 spiro atoms. The molecule has 1 aromatic rings. The van der Waals surface area contributed by atoms with Gasteiger partial charge >= 0.3 is 0 Å². The molecule has 1 aliphatic heterocycles. The van der Waals surface area contributed by atoms with Gasteiger partial charge < -0.3 is 5.32 Å². The van der Waals surface area contributed by atoms with Crippen LogP contribution in [0.25, 0.3) is 0 Å². The number of hydrogen-bond donors (Lipinski definition) is 1. The quantitative estimate of drug-likeness (QED) is 0.897. The van der Waals surface area contributed by atoms with Crippen LogP contribution < -0.4 is 5.32 Å². The predicted octanol–water partition coefficient (Wildman–Crippen LogP) is 2.30. The minimum atomic E-state index is 0.544. The number of benzene rings is 1. The fourth-order valence-corrected chi connectivity index (χ4v) is 2.94. The maximum Gasteiger partial charge on any atom is 0.0991 e. The monoisotopic (exact) mass is 255 g/mol. The van der Waals surface area contributed by atoms with E-state index in [0.717, 1.165) is 37.7 Å². The van der Waals surface area contributed by atoms with Crippen molar-refractivity contribution >= 4 is 0 Å². The summed E-state index contributed by atoms with van der Waals surface area (Å²) >= 11 is 0. The van der Waals surface area contributed by atoms with E-state index in [1.165, 1.54) is 24.8 Å². The van der Waals surface area contributed by atoms with Gasteiger partial charge in [-0.2, -0.15) is 5.26 Å². The highest BCUT2D eigenvalue weighted by Crippen LogP contribution is 2.40. The summed E-state index contributed by atoms with van der Waals surface area (Å²) in [5.41, 5.74) is 2.14. The van der Waals surface area contributed by atoms with Gasteiger partial charge in [-0.1, -0.05) is 25.0 Å². The van der Waals surface area contributed by atoms with E-state index in [9.17, 15) is 0 Å². The highest BCUT2D eigenvalue weighted by atomic mass is 15.2. The second-order valence-corrected chi connectivity index (χ2v) is 5.71. The van der Waals surface area contributed by atoms with Gasteiger partial charge in [0.15, 0.2) is 0 Å². The van der Waals surface area contributed by atoms with Crippen molar-refractivity contribution in [2.24, 2.45) is 5.92 Å². The van der Waals surface area contributed by atoms with Crippen LogP contribution in [0.2, 0.25) is 0 Å². The van der Waals surface area contributed by atoms with E-state index in [0.29, 0.717) is 6.04 Å². The molecule has 1 aromatic carbocycles. The van der Waals surface area contributed by atoms with E-state index in [1.54, 1.807) is 0 Å². The van der Waals surface area contributed by atoms with Crippen LogP contribution in [-0.4, -0.2) is 31.1 Å². The van der Waals surface area contributed by atoms with Gasteiger partial charge in [-0.25, -0.2) is 0 Å². The molecule has 1 saturated heterocycles. The van der Waals surface area contributed by atoms with Crippen LogP contribution in [0.1, 0.15) is 36.4 Å². The van der Waals surface area contributed by atoms with E-state index >= 15 is 0 Å². The predicted molar refractivity (Wildman–Crippen MR) is 75.7 cm³/mol. The molecule has 0 radical (unpaired) electrons. The van der Waals surface area contributed by atoms with E-state index in [-0.39, 0.29) is 0 Å². The number of nitrogens with zero attached hydrogens (tertiary/aromatic N) is 2. The Balaban J connectivity index is 1.77. The van der Waals surface area contributed by atoms with Gasteiger partial charge in [-0.05, 0) is 30.0 Å². The lowest BCUT2D eigenvalue weighted by atomic mass is 9.98. The Kier molecular flexibility index (Phi) is 3.82. The molecule has 3 heteroatoms. The highest BCUT2D eigenvalue weighted by molar-refractivity contribution is 5.33. The van der Waals surface area contributed by atoms with Gasteiger partial charge in [-0.15, -0.1) is 0 Å². The zero-order valence-corrected chi connectivity index (χ0v) is 11.3. The summed E-state index contributed by atoms with van der Waals surface area (Å²) in [5.74, 6) is 0.926. The lowest BCUT2D eigenvalue weighted by Crippen LogP contribution is -2.45. The minimum absolute atomic E-state index is 0.544. The molecule has 19 heavy (non-hydrogen) atoms. The molecule has 0 bridgehead atoms. The molecular weight excluding hydrogens is 234 g/mol. The molecule has 2 fully saturated rings. The van der Waals surface area contributed by atoms with Gasteiger partial charge in [0.1, 0.15) is 0 Å². The second kappa shape index (κ2) is 5.73. The maximum absolute atomic E-state index is 8.90. The number of piperazine rings is 1. The summed E-state index contributed by atoms with van der Waals surface area (Å²) in [4.78, 5) is 2.61. The summed E-state index contributed by atoms with van der Waals surface area (Å²) in [5, 5.41) is 12.3. The first-order valence-corrected chi connectivity index (χ1v) is 7.31.